The Hall–Kier alpha value is -1.18. The van der Waals surface area contributed by atoms with Crippen molar-refractivity contribution in [2.45, 2.75) is 25.1 Å². The molecule has 0 aliphatic carbocycles. The third-order valence-electron chi connectivity index (χ3n) is 3.27. The largest absolute Gasteiger partial charge is 0.417 e. The molecule has 1 aromatic carbocycles. The maximum atomic E-state index is 12.7. The van der Waals surface area contributed by atoms with Crippen molar-refractivity contribution in [2.24, 2.45) is 5.73 Å². The monoisotopic (exact) mass is 357 g/mol. The number of urea groups is 1. The highest BCUT2D eigenvalue weighted by Crippen LogP contribution is 2.36. The van der Waals surface area contributed by atoms with Gasteiger partial charge in [0.25, 0.3) is 0 Å². The minimum absolute atomic E-state index is 0. The van der Waals surface area contributed by atoms with Crippen molar-refractivity contribution in [1.82, 2.24) is 4.90 Å². The van der Waals surface area contributed by atoms with E-state index in [9.17, 15) is 18.0 Å². The molecule has 1 aliphatic rings. The van der Waals surface area contributed by atoms with E-state index in [0.717, 1.165) is 25.0 Å². The van der Waals surface area contributed by atoms with Gasteiger partial charge in [0.1, 0.15) is 0 Å². The van der Waals surface area contributed by atoms with Gasteiger partial charge < -0.3 is 16.0 Å². The summed E-state index contributed by atoms with van der Waals surface area (Å²) < 4.78 is 38.2. The molecule has 0 spiro atoms. The molecule has 0 radical (unpaired) electrons. The summed E-state index contributed by atoms with van der Waals surface area (Å²) in [4.78, 5) is 13.5. The standard InChI is InChI=1S/C13H15ClF3N3O.ClH/c14-11-4-3-9(6-10(11)13(15,16)17)19-12(21)20-5-1-2-8(18)7-20;/h3-4,6,8H,1-2,5,7,18H2,(H,19,21);1H. The third-order valence-corrected chi connectivity index (χ3v) is 3.60. The van der Waals surface area contributed by atoms with Crippen LogP contribution >= 0.6 is 24.0 Å². The van der Waals surface area contributed by atoms with E-state index in [1.54, 1.807) is 0 Å². The lowest BCUT2D eigenvalue weighted by atomic mass is 10.1. The van der Waals surface area contributed by atoms with Crippen LogP contribution in [0.2, 0.25) is 5.02 Å². The molecule has 1 fully saturated rings. The Morgan fingerprint density at radius 2 is 2.09 bits per heavy atom. The molecule has 1 aliphatic heterocycles. The second-order valence-electron chi connectivity index (χ2n) is 4.97. The molecule has 1 atom stereocenters. The van der Waals surface area contributed by atoms with Crippen molar-refractivity contribution >= 4 is 35.7 Å². The molecule has 0 saturated carbocycles. The van der Waals surface area contributed by atoms with Crippen LogP contribution in [0.25, 0.3) is 0 Å². The highest BCUT2D eigenvalue weighted by atomic mass is 35.5. The summed E-state index contributed by atoms with van der Waals surface area (Å²) in [5, 5.41) is 2.04. The number of nitrogens with two attached hydrogens (primary N) is 1. The van der Waals surface area contributed by atoms with Gasteiger partial charge in [0.05, 0.1) is 10.6 Å². The summed E-state index contributed by atoms with van der Waals surface area (Å²) in [6, 6.07) is 2.71. The Kier molecular flexibility index (Phi) is 6.34. The molecule has 22 heavy (non-hydrogen) atoms. The van der Waals surface area contributed by atoms with E-state index in [4.69, 9.17) is 17.3 Å². The number of anilines is 1. The fourth-order valence-electron chi connectivity index (χ4n) is 2.22. The van der Waals surface area contributed by atoms with E-state index >= 15 is 0 Å². The number of halogens is 5. The van der Waals surface area contributed by atoms with Gasteiger partial charge in [0.15, 0.2) is 0 Å². The Balaban J connectivity index is 0.00000242. The van der Waals surface area contributed by atoms with Crippen molar-refractivity contribution < 1.29 is 18.0 Å². The first-order valence-corrected chi connectivity index (χ1v) is 6.83. The molecular formula is C13H16Cl2F3N3O. The molecule has 1 saturated heterocycles. The number of nitrogens with zero attached hydrogens (tertiary/aromatic N) is 1. The third kappa shape index (κ3) is 4.66. The molecule has 9 heteroatoms. The number of benzene rings is 1. The average Bonchev–Trinajstić information content (AvgIpc) is 2.39. The van der Waals surface area contributed by atoms with Crippen LogP contribution in [0.4, 0.5) is 23.7 Å². The van der Waals surface area contributed by atoms with Gasteiger partial charge in [-0.3, -0.25) is 0 Å². The second-order valence-corrected chi connectivity index (χ2v) is 5.38. The van der Waals surface area contributed by atoms with E-state index in [1.807, 2.05) is 0 Å². The first kappa shape index (κ1) is 18.9. The topological polar surface area (TPSA) is 58.4 Å². The summed E-state index contributed by atoms with van der Waals surface area (Å²) in [5.41, 5.74) is 4.85. The van der Waals surface area contributed by atoms with Crippen LogP contribution in [-0.2, 0) is 6.18 Å². The van der Waals surface area contributed by atoms with Crippen LogP contribution < -0.4 is 11.1 Å². The van der Waals surface area contributed by atoms with Gasteiger partial charge in [-0.1, -0.05) is 11.6 Å². The van der Waals surface area contributed by atoms with Crippen molar-refractivity contribution in [3.05, 3.63) is 28.8 Å². The van der Waals surface area contributed by atoms with E-state index in [1.165, 1.54) is 11.0 Å². The lowest BCUT2D eigenvalue weighted by molar-refractivity contribution is -0.137. The zero-order valence-corrected chi connectivity index (χ0v) is 13.1. The summed E-state index contributed by atoms with van der Waals surface area (Å²) >= 11 is 5.53. The zero-order chi connectivity index (χ0) is 15.6. The Labute approximate surface area is 137 Å². The molecule has 2 amide bonds. The predicted octanol–water partition coefficient (Wildman–Crippen LogP) is 3.74. The van der Waals surface area contributed by atoms with Crippen LogP contribution in [0.3, 0.4) is 0 Å². The minimum Gasteiger partial charge on any atom is -0.326 e. The van der Waals surface area contributed by atoms with Crippen molar-refractivity contribution in [2.75, 3.05) is 18.4 Å². The normalized spacial score (nSPS) is 18.6. The SMILES string of the molecule is Cl.NC1CCCN(C(=O)Nc2ccc(Cl)c(C(F)(F)F)c2)C1. The Morgan fingerprint density at radius 1 is 1.41 bits per heavy atom. The van der Waals surface area contributed by atoms with Crippen molar-refractivity contribution in [1.29, 1.82) is 0 Å². The van der Waals surface area contributed by atoms with Crippen LogP contribution in [0, 0.1) is 0 Å². The van der Waals surface area contributed by atoms with Crippen LogP contribution in [0.1, 0.15) is 18.4 Å². The Morgan fingerprint density at radius 3 is 2.68 bits per heavy atom. The fourth-order valence-corrected chi connectivity index (χ4v) is 2.44. The number of carbonyl (C=O) groups is 1. The van der Waals surface area contributed by atoms with E-state index in [-0.39, 0.29) is 24.1 Å². The number of nitrogens with one attached hydrogen (secondary N) is 1. The molecule has 3 N–H and O–H groups in total. The second kappa shape index (κ2) is 7.39. The number of hydrogen-bond acceptors (Lipinski definition) is 2. The van der Waals surface area contributed by atoms with Gasteiger partial charge >= 0.3 is 12.2 Å². The van der Waals surface area contributed by atoms with E-state index < -0.39 is 22.8 Å². The van der Waals surface area contributed by atoms with Crippen LogP contribution in [-0.4, -0.2) is 30.1 Å². The number of carbonyl (C=O) groups excluding carboxylic acids is 1. The van der Waals surface area contributed by atoms with E-state index in [2.05, 4.69) is 5.32 Å². The summed E-state index contributed by atoms with van der Waals surface area (Å²) in [5.74, 6) is 0. The minimum atomic E-state index is -4.56. The van der Waals surface area contributed by atoms with Crippen LogP contribution in [0.5, 0.6) is 0 Å². The lowest BCUT2D eigenvalue weighted by Gasteiger charge is -2.30. The Bertz CT molecular complexity index is 540. The van der Waals surface area contributed by atoms with Crippen molar-refractivity contribution in [3.63, 3.8) is 0 Å². The maximum Gasteiger partial charge on any atom is 0.417 e. The van der Waals surface area contributed by atoms with Gasteiger partial charge in [0, 0.05) is 24.8 Å². The number of rotatable bonds is 1. The number of alkyl halides is 3. The van der Waals surface area contributed by atoms with Crippen LogP contribution in [0.15, 0.2) is 18.2 Å². The molecular weight excluding hydrogens is 342 g/mol. The number of likely N-dealkylation sites (tertiary alicyclic amines) is 1. The van der Waals surface area contributed by atoms with Gasteiger partial charge in [0.2, 0.25) is 0 Å². The molecule has 0 bridgehead atoms. The highest BCUT2D eigenvalue weighted by Gasteiger charge is 2.33. The number of amides is 2. The molecule has 2 rings (SSSR count). The summed E-state index contributed by atoms with van der Waals surface area (Å²) in [7, 11) is 0. The lowest BCUT2D eigenvalue weighted by Crippen LogP contribution is -2.47. The number of piperidine rings is 1. The molecule has 1 heterocycles. The molecule has 1 unspecified atom stereocenters. The smallest absolute Gasteiger partial charge is 0.326 e. The zero-order valence-electron chi connectivity index (χ0n) is 11.5. The average molecular weight is 358 g/mol. The van der Waals surface area contributed by atoms with Gasteiger partial charge in [-0.25, -0.2) is 4.79 Å². The molecule has 124 valence electrons. The van der Waals surface area contributed by atoms with Gasteiger partial charge in [-0.05, 0) is 31.0 Å². The van der Waals surface area contributed by atoms with E-state index in [0.29, 0.717) is 13.1 Å². The first-order chi connectivity index (χ1) is 9.77. The fraction of sp³-hybridized carbons (Fsp3) is 0.462. The highest BCUT2D eigenvalue weighted by molar-refractivity contribution is 6.31. The maximum absolute atomic E-state index is 12.7. The quantitative estimate of drug-likeness (QED) is 0.804. The summed E-state index contributed by atoms with van der Waals surface area (Å²) in [6.07, 6.45) is -2.95. The molecule has 0 aromatic heterocycles. The van der Waals surface area contributed by atoms with Crippen molar-refractivity contribution in [3.8, 4) is 0 Å². The predicted molar refractivity (Wildman–Crippen MR) is 81.5 cm³/mol. The van der Waals surface area contributed by atoms with Gasteiger partial charge in [-0.2, -0.15) is 13.2 Å². The summed E-state index contributed by atoms with van der Waals surface area (Å²) in [6.45, 7) is 0.935. The molecule has 1 aromatic rings. The number of hydrogen-bond donors (Lipinski definition) is 2. The van der Waals surface area contributed by atoms with Gasteiger partial charge in [-0.15, -0.1) is 12.4 Å². The first-order valence-electron chi connectivity index (χ1n) is 6.45. The molecule has 4 nitrogen and oxygen atoms in total.